The monoisotopic (exact) mass is 237 g/mol. The zero-order valence-corrected chi connectivity index (χ0v) is 9.88. The molecule has 5 nitrogen and oxygen atoms in total. The number of hydroxylamine groups is 2. The molecule has 82 valence electrons. The predicted molar refractivity (Wildman–Crippen MR) is 60.0 cm³/mol. The summed E-state index contributed by atoms with van der Waals surface area (Å²) in [5, 5.41) is 1.64. The molecule has 1 amide bonds. The fourth-order valence-electron chi connectivity index (χ4n) is 1.26. The van der Waals surface area contributed by atoms with Crippen LogP contribution < -0.4 is 0 Å². The molecule has 1 heterocycles. The van der Waals surface area contributed by atoms with Gasteiger partial charge in [0.25, 0.3) is 0 Å². The lowest BCUT2D eigenvalue weighted by molar-refractivity contribution is -0.0976. The van der Waals surface area contributed by atoms with E-state index in [0.29, 0.717) is 0 Å². The molecule has 0 atom stereocenters. The quantitative estimate of drug-likeness (QED) is 0.657. The zero-order chi connectivity index (χ0) is 10.6. The van der Waals surface area contributed by atoms with Crippen molar-refractivity contribution >= 4 is 31.7 Å². The van der Waals surface area contributed by atoms with Crippen LogP contribution in [0, 0.1) is 0 Å². The van der Waals surface area contributed by atoms with Crippen LogP contribution in [0.25, 0.3) is 0 Å². The van der Waals surface area contributed by atoms with E-state index >= 15 is 0 Å². The van der Waals surface area contributed by atoms with Crippen LogP contribution in [0.3, 0.4) is 0 Å². The third-order valence-electron chi connectivity index (χ3n) is 2.05. The van der Waals surface area contributed by atoms with Crippen molar-refractivity contribution in [1.29, 1.82) is 0 Å². The lowest BCUT2D eigenvalue weighted by atomic mass is 10.4. The van der Waals surface area contributed by atoms with E-state index in [-0.39, 0.29) is 0 Å². The van der Waals surface area contributed by atoms with E-state index in [2.05, 4.69) is 37.6 Å². The molecule has 0 saturated carbocycles. The SMILES string of the molecule is CN1CCCN(OC(=O)N(S)S)CC1. The van der Waals surface area contributed by atoms with Crippen molar-refractivity contribution in [3.63, 3.8) is 0 Å². The summed E-state index contributed by atoms with van der Waals surface area (Å²) in [7, 11) is 2.05. The second-order valence-corrected chi connectivity index (χ2v) is 4.35. The number of thiol groups is 2. The van der Waals surface area contributed by atoms with Crippen LogP contribution >= 0.6 is 25.6 Å². The number of amides is 1. The van der Waals surface area contributed by atoms with Gasteiger partial charge in [-0.15, -0.1) is 5.06 Å². The second-order valence-electron chi connectivity index (χ2n) is 3.23. The van der Waals surface area contributed by atoms with E-state index < -0.39 is 6.09 Å². The van der Waals surface area contributed by atoms with Gasteiger partial charge in [0, 0.05) is 19.6 Å². The minimum Gasteiger partial charge on any atom is -0.350 e. The highest BCUT2D eigenvalue weighted by Gasteiger charge is 2.17. The lowest BCUT2D eigenvalue weighted by Gasteiger charge is -2.20. The van der Waals surface area contributed by atoms with E-state index in [4.69, 9.17) is 4.84 Å². The second kappa shape index (κ2) is 5.69. The van der Waals surface area contributed by atoms with Crippen molar-refractivity contribution in [2.45, 2.75) is 6.42 Å². The molecule has 1 aliphatic heterocycles. The van der Waals surface area contributed by atoms with E-state index in [9.17, 15) is 4.79 Å². The molecule has 1 fully saturated rings. The lowest BCUT2D eigenvalue weighted by Crippen LogP contribution is -2.33. The maximum Gasteiger partial charge on any atom is 0.449 e. The largest absolute Gasteiger partial charge is 0.449 e. The molecule has 0 aliphatic carbocycles. The number of carbonyl (C=O) groups excluding carboxylic acids is 1. The summed E-state index contributed by atoms with van der Waals surface area (Å²) in [5.74, 6) is 0. The Morgan fingerprint density at radius 3 is 2.64 bits per heavy atom. The normalized spacial score (nSPS) is 20.2. The standard InChI is InChI=1S/C7H15N3O2S2/c1-8-3-2-4-9(6-5-8)12-7(11)10(13)14/h13-14H,2-6H2,1H3. The van der Waals surface area contributed by atoms with E-state index in [1.54, 1.807) is 5.06 Å². The topological polar surface area (TPSA) is 36.0 Å². The Labute approximate surface area is 95.0 Å². The summed E-state index contributed by atoms with van der Waals surface area (Å²) >= 11 is 7.45. The fraction of sp³-hybridized carbons (Fsp3) is 0.857. The molecule has 0 unspecified atom stereocenters. The summed E-state index contributed by atoms with van der Waals surface area (Å²) in [6.07, 6.45) is 0.421. The number of likely N-dealkylation sites (N-methyl/N-ethyl adjacent to an activating group) is 1. The van der Waals surface area contributed by atoms with Crippen LogP contribution in [-0.2, 0) is 4.84 Å². The Bertz CT molecular complexity index is 203. The van der Waals surface area contributed by atoms with Crippen LogP contribution in [0.4, 0.5) is 4.79 Å². The molecule has 1 saturated heterocycles. The van der Waals surface area contributed by atoms with Crippen LogP contribution in [0.5, 0.6) is 0 Å². The van der Waals surface area contributed by atoms with Gasteiger partial charge in [-0.05, 0) is 45.6 Å². The Balaban J connectivity index is 2.33. The molecular formula is C7H15N3O2S2. The van der Waals surface area contributed by atoms with Gasteiger partial charge in [-0.1, -0.05) is 0 Å². The summed E-state index contributed by atoms with van der Waals surface area (Å²) in [4.78, 5) is 18.3. The molecule has 1 rings (SSSR count). The molecule has 7 heteroatoms. The third kappa shape index (κ3) is 3.95. The van der Waals surface area contributed by atoms with Gasteiger partial charge in [0.2, 0.25) is 0 Å². The molecule has 1 aliphatic rings. The first-order valence-electron chi connectivity index (χ1n) is 4.43. The van der Waals surface area contributed by atoms with E-state index in [1.807, 2.05) is 0 Å². The summed E-state index contributed by atoms with van der Waals surface area (Å²) in [6, 6.07) is 0. The number of carbonyl (C=O) groups is 1. The highest BCUT2D eigenvalue weighted by atomic mass is 32.2. The molecule has 0 aromatic carbocycles. The van der Waals surface area contributed by atoms with Gasteiger partial charge in [-0.25, -0.2) is 4.79 Å². The van der Waals surface area contributed by atoms with Crippen molar-refractivity contribution in [2.75, 3.05) is 33.2 Å². The Hall–Kier alpha value is -0.110. The average Bonchev–Trinajstić information content (AvgIpc) is 2.31. The van der Waals surface area contributed by atoms with Gasteiger partial charge in [-0.3, -0.25) is 0 Å². The van der Waals surface area contributed by atoms with E-state index in [1.165, 1.54) is 0 Å². The van der Waals surface area contributed by atoms with Crippen molar-refractivity contribution in [3.8, 4) is 0 Å². The molecule has 0 radical (unpaired) electrons. The van der Waals surface area contributed by atoms with Crippen molar-refractivity contribution < 1.29 is 9.63 Å². The number of rotatable bonds is 1. The third-order valence-corrected chi connectivity index (χ3v) is 2.38. The summed E-state index contributed by atoms with van der Waals surface area (Å²) in [6.45, 7) is 3.40. The van der Waals surface area contributed by atoms with Crippen LogP contribution in [0.15, 0.2) is 0 Å². The Kier molecular flexibility index (Phi) is 4.86. The molecule has 0 bridgehead atoms. The van der Waals surface area contributed by atoms with Crippen molar-refractivity contribution in [2.24, 2.45) is 0 Å². The van der Waals surface area contributed by atoms with Gasteiger partial charge in [0.1, 0.15) is 0 Å². The summed E-state index contributed by atoms with van der Waals surface area (Å²) in [5.41, 5.74) is 0. The number of hydrogen-bond acceptors (Lipinski definition) is 6. The molecule has 0 spiro atoms. The zero-order valence-electron chi connectivity index (χ0n) is 8.09. The highest BCUT2D eigenvalue weighted by molar-refractivity contribution is 7.94. The van der Waals surface area contributed by atoms with Crippen LogP contribution in [0.2, 0.25) is 0 Å². The van der Waals surface area contributed by atoms with Gasteiger partial charge in [0.15, 0.2) is 0 Å². The van der Waals surface area contributed by atoms with Crippen LogP contribution in [0.1, 0.15) is 6.42 Å². The molecule has 0 aromatic rings. The molecule has 14 heavy (non-hydrogen) atoms. The maximum atomic E-state index is 11.1. The highest BCUT2D eigenvalue weighted by Crippen LogP contribution is 2.06. The minimum atomic E-state index is -0.568. The Morgan fingerprint density at radius 2 is 2.00 bits per heavy atom. The Morgan fingerprint density at radius 1 is 1.29 bits per heavy atom. The summed E-state index contributed by atoms with van der Waals surface area (Å²) < 4.78 is 0.828. The van der Waals surface area contributed by atoms with Gasteiger partial charge < -0.3 is 9.74 Å². The first kappa shape index (κ1) is 12.0. The predicted octanol–water partition coefficient (Wildman–Crippen LogP) is 0.667. The van der Waals surface area contributed by atoms with Gasteiger partial charge >= 0.3 is 6.09 Å². The molecule has 0 aromatic heterocycles. The first-order chi connectivity index (χ1) is 6.59. The van der Waals surface area contributed by atoms with Crippen molar-refractivity contribution in [3.05, 3.63) is 0 Å². The van der Waals surface area contributed by atoms with E-state index in [0.717, 1.165) is 36.3 Å². The number of nitrogens with zero attached hydrogens (tertiary/aromatic N) is 3. The first-order valence-corrected chi connectivity index (χ1v) is 5.23. The smallest absolute Gasteiger partial charge is 0.350 e. The average molecular weight is 237 g/mol. The minimum absolute atomic E-state index is 0.568. The van der Waals surface area contributed by atoms with Crippen molar-refractivity contribution in [1.82, 2.24) is 13.7 Å². The molecule has 0 N–H and O–H groups in total. The molecular weight excluding hydrogens is 222 g/mol. The maximum absolute atomic E-state index is 11.1. The fourth-order valence-corrected chi connectivity index (χ4v) is 1.33. The van der Waals surface area contributed by atoms with Crippen LogP contribution in [-0.4, -0.2) is 53.0 Å². The van der Waals surface area contributed by atoms with Gasteiger partial charge in [0.05, 0.1) is 0 Å². The number of hydrogen-bond donors (Lipinski definition) is 2. The van der Waals surface area contributed by atoms with Gasteiger partial charge in [-0.2, -0.15) is 3.71 Å².